The summed E-state index contributed by atoms with van der Waals surface area (Å²) in [4.78, 5) is 2.40. The van der Waals surface area contributed by atoms with Gasteiger partial charge >= 0.3 is 0 Å². The molecule has 0 bridgehead atoms. The first-order chi connectivity index (χ1) is 5.89. The summed E-state index contributed by atoms with van der Waals surface area (Å²) in [7, 11) is 2.20. The fraction of sp³-hybridized carbons (Fsp3) is 1.00. The van der Waals surface area contributed by atoms with E-state index in [2.05, 4.69) is 45.0 Å². The Hall–Kier alpha value is -0.0800. The molecule has 0 aromatic rings. The lowest BCUT2D eigenvalue weighted by Gasteiger charge is -2.31. The molecule has 0 aromatic carbocycles. The Morgan fingerprint density at radius 1 is 1.38 bits per heavy atom. The van der Waals surface area contributed by atoms with Crippen molar-refractivity contribution in [1.29, 1.82) is 0 Å². The SMILES string of the molecule is C[C@@H](NC1CCN(C)C1)C(C)(C)C. The van der Waals surface area contributed by atoms with Crippen LogP contribution in [0.1, 0.15) is 34.1 Å². The first-order valence-corrected chi connectivity index (χ1v) is 5.34. The van der Waals surface area contributed by atoms with Crippen LogP contribution in [-0.4, -0.2) is 37.1 Å². The predicted molar refractivity (Wildman–Crippen MR) is 58.0 cm³/mol. The molecule has 13 heavy (non-hydrogen) atoms. The average molecular weight is 184 g/mol. The molecular formula is C11H24N2. The molecule has 0 saturated carbocycles. The van der Waals surface area contributed by atoms with E-state index in [1.54, 1.807) is 0 Å². The van der Waals surface area contributed by atoms with Crippen LogP contribution < -0.4 is 5.32 Å². The summed E-state index contributed by atoms with van der Waals surface area (Å²) in [6, 6.07) is 1.31. The largest absolute Gasteiger partial charge is 0.310 e. The van der Waals surface area contributed by atoms with E-state index in [0.717, 1.165) is 0 Å². The summed E-state index contributed by atoms with van der Waals surface area (Å²) in [5, 5.41) is 3.71. The Morgan fingerprint density at radius 2 is 2.00 bits per heavy atom. The second-order valence-electron chi connectivity index (χ2n) is 5.50. The zero-order chi connectivity index (χ0) is 10.1. The van der Waals surface area contributed by atoms with E-state index in [9.17, 15) is 0 Å². The van der Waals surface area contributed by atoms with Crippen molar-refractivity contribution in [2.24, 2.45) is 5.41 Å². The lowest BCUT2D eigenvalue weighted by atomic mass is 9.87. The Balaban J connectivity index is 2.33. The molecule has 1 aliphatic rings. The van der Waals surface area contributed by atoms with Crippen molar-refractivity contribution in [3.63, 3.8) is 0 Å². The number of hydrogen-bond donors (Lipinski definition) is 1. The minimum atomic E-state index is 0.376. The van der Waals surface area contributed by atoms with Gasteiger partial charge in [0.05, 0.1) is 0 Å². The third kappa shape index (κ3) is 3.28. The maximum Gasteiger partial charge on any atom is 0.0209 e. The van der Waals surface area contributed by atoms with E-state index in [1.807, 2.05) is 0 Å². The maximum absolute atomic E-state index is 3.71. The van der Waals surface area contributed by atoms with Crippen molar-refractivity contribution >= 4 is 0 Å². The van der Waals surface area contributed by atoms with Crippen molar-refractivity contribution in [3.8, 4) is 0 Å². The fourth-order valence-electron chi connectivity index (χ4n) is 1.67. The smallest absolute Gasteiger partial charge is 0.0209 e. The maximum atomic E-state index is 3.71. The lowest BCUT2D eigenvalue weighted by molar-refractivity contribution is 0.261. The standard InChI is InChI=1S/C11H24N2/c1-9(11(2,3)4)12-10-6-7-13(5)8-10/h9-10,12H,6-8H2,1-5H3/t9-,10?/m1/s1. The highest BCUT2D eigenvalue weighted by Gasteiger charge is 2.25. The van der Waals surface area contributed by atoms with Crippen LogP contribution in [0.3, 0.4) is 0 Å². The van der Waals surface area contributed by atoms with Crippen molar-refractivity contribution in [2.75, 3.05) is 20.1 Å². The molecule has 0 amide bonds. The molecule has 2 nitrogen and oxygen atoms in total. The lowest BCUT2D eigenvalue weighted by Crippen LogP contribution is -2.44. The van der Waals surface area contributed by atoms with Crippen molar-refractivity contribution in [1.82, 2.24) is 10.2 Å². The molecule has 0 aliphatic carbocycles. The van der Waals surface area contributed by atoms with Gasteiger partial charge in [0.15, 0.2) is 0 Å². The van der Waals surface area contributed by atoms with Gasteiger partial charge in [0.1, 0.15) is 0 Å². The molecule has 1 fully saturated rings. The van der Waals surface area contributed by atoms with Gasteiger partial charge in [-0.1, -0.05) is 20.8 Å². The van der Waals surface area contributed by atoms with Gasteiger partial charge in [-0.25, -0.2) is 0 Å². The van der Waals surface area contributed by atoms with Gasteiger partial charge in [-0.3, -0.25) is 0 Å². The number of likely N-dealkylation sites (tertiary alicyclic amines) is 1. The van der Waals surface area contributed by atoms with Gasteiger partial charge in [-0.15, -0.1) is 0 Å². The van der Waals surface area contributed by atoms with Gasteiger partial charge in [0.25, 0.3) is 0 Å². The topological polar surface area (TPSA) is 15.3 Å². The van der Waals surface area contributed by atoms with Crippen molar-refractivity contribution in [2.45, 2.75) is 46.2 Å². The van der Waals surface area contributed by atoms with Crippen LogP contribution in [0.5, 0.6) is 0 Å². The quantitative estimate of drug-likeness (QED) is 0.703. The van der Waals surface area contributed by atoms with Gasteiger partial charge in [0, 0.05) is 18.6 Å². The van der Waals surface area contributed by atoms with Gasteiger partial charge < -0.3 is 10.2 Å². The Bertz CT molecular complexity index is 160. The zero-order valence-corrected chi connectivity index (χ0v) is 9.72. The molecule has 1 aliphatic heterocycles. The number of nitrogens with one attached hydrogen (secondary N) is 1. The summed E-state index contributed by atoms with van der Waals surface area (Å²) >= 11 is 0. The summed E-state index contributed by atoms with van der Waals surface area (Å²) in [5.41, 5.74) is 0.376. The zero-order valence-electron chi connectivity index (χ0n) is 9.72. The molecule has 1 heterocycles. The summed E-state index contributed by atoms with van der Waals surface area (Å²) < 4.78 is 0. The number of nitrogens with zero attached hydrogens (tertiary/aromatic N) is 1. The van der Waals surface area contributed by atoms with Crippen LogP contribution in [0.4, 0.5) is 0 Å². The summed E-state index contributed by atoms with van der Waals surface area (Å²) in [6.07, 6.45) is 1.30. The van der Waals surface area contributed by atoms with Gasteiger partial charge in [-0.2, -0.15) is 0 Å². The molecule has 1 rings (SSSR count). The van der Waals surface area contributed by atoms with E-state index in [-0.39, 0.29) is 0 Å². The number of rotatable bonds is 2. The number of hydrogen-bond acceptors (Lipinski definition) is 2. The third-order valence-electron chi connectivity index (χ3n) is 3.18. The monoisotopic (exact) mass is 184 g/mol. The van der Waals surface area contributed by atoms with E-state index in [4.69, 9.17) is 0 Å². The highest BCUT2D eigenvalue weighted by Crippen LogP contribution is 2.20. The molecule has 1 unspecified atom stereocenters. The molecule has 2 heteroatoms. The first-order valence-electron chi connectivity index (χ1n) is 5.34. The van der Waals surface area contributed by atoms with Crippen LogP contribution in [0.15, 0.2) is 0 Å². The Labute approximate surface area is 82.7 Å². The van der Waals surface area contributed by atoms with Crippen LogP contribution in [-0.2, 0) is 0 Å². The second kappa shape index (κ2) is 3.97. The van der Waals surface area contributed by atoms with Crippen molar-refractivity contribution in [3.05, 3.63) is 0 Å². The highest BCUT2D eigenvalue weighted by molar-refractivity contribution is 4.85. The van der Waals surface area contributed by atoms with Gasteiger partial charge in [0.2, 0.25) is 0 Å². The van der Waals surface area contributed by atoms with Crippen LogP contribution in [0.25, 0.3) is 0 Å². The molecule has 1 N–H and O–H groups in total. The normalized spacial score (nSPS) is 27.9. The van der Waals surface area contributed by atoms with Crippen LogP contribution in [0.2, 0.25) is 0 Å². The summed E-state index contributed by atoms with van der Waals surface area (Å²) in [6.45, 7) is 11.6. The van der Waals surface area contributed by atoms with E-state index in [1.165, 1.54) is 19.5 Å². The Morgan fingerprint density at radius 3 is 2.38 bits per heavy atom. The Kier molecular flexibility index (Phi) is 3.36. The molecule has 1 saturated heterocycles. The molecule has 78 valence electrons. The van der Waals surface area contributed by atoms with E-state index < -0.39 is 0 Å². The predicted octanol–water partition coefficient (Wildman–Crippen LogP) is 1.71. The molecule has 0 aromatic heterocycles. The molecule has 0 spiro atoms. The van der Waals surface area contributed by atoms with Crippen molar-refractivity contribution < 1.29 is 0 Å². The minimum Gasteiger partial charge on any atom is -0.310 e. The molecular weight excluding hydrogens is 160 g/mol. The summed E-state index contributed by atoms with van der Waals surface area (Å²) in [5.74, 6) is 0. The van der Waals surface area contributed by atoms with E-state index >= 15 is 0 Å². The van der Waals surface area contributed by atoms with E-state index in [0.29, 0.717) is 17.5 Å². The molecule has 2 atom stereocenters. The third-order valence-corrected chi connectivity index (χ3v) is 3.18. The fourth-order valence-corrected chi connectivity index (χ4v) is 1.67. The molecule has 0 radical (unpaired) electrons. The second-order valence-corrected chi connectivity index (χ2v) is 5.50. The highest BCUT2D eigenvalue weighted by atomic mass is 15.2. The number of likely N-dealkylation sites (N-methyl/N-ethyl adjacent to an activating group) is 1. The first kappa shape index (κ1) is 11.0. The minimum absolute atomic E-state index is 0.376. The average Bonchev–Trinajstić information content (AvgIpc) is 2.33. The van der Waals surface area contributed by atoms with Crippen LogP contribution >= 0.6 is 0 Å². The van der Waals surface area contributed by atoms with Gasteiger partial charge in [-0.05, 0) is 32.4 Å². The van der Waals surface area contributed by atoms with Crippen LogP contribution in [0, 0.1) is 5.41 Å².